The monoisotopic (exact) mass is 712 g/mol. The number of urea groups is 1. The summed E-state index contributed by atoms with van der Waals surface area (Å²) in [4.78, 5) is 47.9. The SMILES string of the molecule is CCNC(=O)Nc1cc(C)c(C(=O)N2CCC(C)(N3CCC(N(Cc4ccccc4)c4ccc(CC(=O)N5CCOCC5)cc4)CC3)CC2)c(C)c1.[HH].[HH]. The van der Waals surface area contributed by atoms with E-state index in [9.17, 15) is 14.4 Å². The molecule has 282 valence electrons. The van der Waals surface area contributed by atoms with Gasteiger partial charge in [0.25, 0.3) is 5.91 Å². The summed E-state index contributed by atoms with van der Waals surface area (Å²) in [6.45, 7) is 15.6. The fourth-order valence-electron chi connectivity index (χ4n) is 8.21. The van der Waals surface area contributed by atoms with Gasteiger partial charge in [0.05, 0.1) is 19.6 Å². The summed E-state index contributed by atoms with van der Waals surface area (Å²) >= 11 is 0. The number of piperidine rings is 2. The lowest BCUT2D eigenvalue weighted by molar-refractivity contribution is -0.134. The highest BCUT2D eigenvalue weighted by Gasteiger charge is 2.39. The molecule has 2 N–H and O–H groups in total. The Bertz CT molecular complexity index is 1660. The molecule has 3 aromatic rings. The molecule has 0 spiro atoms. The largest absolute Gasteiger partial charge is 0.378 e. The number of morpholine rings is 1. The molecule has 52 heavy (non-hydrogen) atoms. The first kappa shape index (κ1) is 37.4. The number of carbonyl (C=O) groups excluding carboxylic acids is 3. The lowest BCUT2D eigenvalue weighted by Crippen LogP contribution is -2.58. The Morgan fingerprint density at radius 3 is 2.10 bits per heavy atom. The first-order valence-electron chi connectivity index (χ1n) is 19.1. The average molecular weight is 713 g/mol. The van der Waals surface area contributed by atoms with Crippen molar-refractivity contribution in [2.75, 3.05) is 69.2 Å². The number of hydrogen-bond acceptors (Lipinski definition) is 6. The van der Waals surface area contributed by atoms with Crippen LogP contribution in [0, 0.1) is 13.8 Å². The van der Waals surface area contributed by atoms with Crippen molar-refractivity contribution in [2.45, 2.75) is 77.9 Å². The molecule has 10 heteroatoms. The van der Waals surface area contributed by atoms with Gasteiger partial charge in [0, 0.05) is 83.7 Å². The van der Waals surface area contributed by atoms with E-state index in [1.54, 1.807) is 0 Å². The molecule has 3 saturated heterocycles. The summed E-state index contributed by atoms with van der Waals surface area (Å²) in [5.41, 5.74) is 6.77. The van der Waals surface area contributed by atoms with E-state index in [2.05, 4.69) is 82.0 Å². The first-order valence-corrected chi connectivity index (χ1v) is 19.1. The second kappa shape index (κ2) is 16.9. The summed E-state index contributed by atoms with van der Waals surface area (Å²) in [6, 6.07) is 23.3. The number of anilines is 2. The smallest absolute Gasteiger partial charge is 0.319 e. The van der Waals surface area contributed by atoms with E-state index in [1.807, 2.05) is 42.7 Å². The van der Waals surface area contributed by atoms with Crippen molar-refractivity contribution in [3.05, 3.63) is 94.5 Å². The molecule has 3 fully saturated rings. The lowest BCUT2D eigenvalue weighted by atomic mass is 9.85. The van der Waals surface area contributed by atoms with Gasteiger partial charge in [-0.15, -0.1) is 0 Å². The molecule has 3 aliphatic rings. The van der Waals surface area contributed by atoms with Gasteiger partial charge in [-0.2, -0.15) is 0 Å². The molecule has 0 saturated carbocycles. The molecular weight excluding hydrogens is 652 g/mol. The Labute approximate surface area is 312 Å². The summed E-state index contributed by atoms with van der Waals surface area (Å²) in [6.07, 6.45) is 4.43. The summed E-state index contributed by atoms with van der Waals surface area (Å²) < 4.78 is 5.42. The zero-order valence-corrected chi connectivity index (χ0v) is 31.5. The van der Waals surface area contributed by atoms with Gasteiger partial charge in [0.15, 0.2) is 0 Å². The minimum Gasteiger partial charge on any atom is -0.378 e. The van der Waals surface area contributed by atoms with Gasteiger partial charge >= 0.3 is 6.03 Å². The van der Waals surface area contributed by atoms with Crippen molar-refractivity contribution in [3.8, 4) is 0 Å². The van der Waals surface area contributed by atoms with Crippen LogP contribution < -0.4 is 15.5 Å². The number of benzene rings is 3. The van der Waals surface area contributed by atoms with Crippen molar-refractivity contribution < 1.29 is 22.0 Å². The van der Waals surface area contributed by atoms with Crippen LogP contribution in [-0.2, 0) is 22.5 Å². The quantitative estimate of drug-likeness (QED) is 0.249. The van der Waals surface area contributed by atoms with E-state index in [4.69, 9.17) is 4.74 Å². The van der Waals surface area contributed by atoms with E-state index in [0.717, 1.165) is 80.7 Å². The van der Waals surface area contributed by atoms with Gasteiger partial charge in [-0.3, -0.25) is 14.5 Å². The van der Waals surface area contributed by atoms with E-state index in [1.165, 1.54) is 11.3 Å². The van der Waals surface area contributed by atoms with Crippen LogP contribution in [0.2, 0.25) is 0 Å². The summed E-state index contributed by atoms with van der Waals surface area (Å²) in [5, 5.41) is 5.62. The molecule has 10 nitrogen and oxygen atoms in total. The molecule has 0 aliphatic carbocycles. The highest BCUT2D eigenvalue weighted by Crippen LogP contribution is 2.35. The van der Waals surface area contributed by atoms with Gasteiger partial charge in [-0.1, -0.05) is 42.5 Å². The minimum atomic E-state index is -0.244. The molecular formula is C42H60N6O4. The maximum absolute atomic E-state index is 13.8. The summed E-state index contributed by atoms with van der Waals surface area (Å²) in [7, 11) is 0. The number of ether oxygens (including phenoxy) is 1. The predicted octanol–water partition coefficient (Wildman–Crippen LogP) is 6.50. The Morgan fingerprint density at radius 1 is 0.846 bits per heavy atom. The van der Waals surface area contributed by atoms with Crippen LogP contribution in [0.4, 0.5) is 16.2 Å². The molecule has 3 heterocycles. The van der Waals surface area contributed by atoms with E-state index >= 15 is 0 Å². The maximum Gasteiger partial charge on any atom is 0.319 e. The van der Waals surface area contributed by atoms with Crippen molar-refractivity contribution >= 4 is 29.2 Å². The van der Waals surface area contributed by atoms with Crippen molar-refractivity contribution in [1.82, 2.24) is 20.0 Å². The van der Waals surface area contributed by atoms with Gasteiger partial charge in [0.2, 0.25) is 5.91 Å². The van der Waals surface area contributed by atoms with Gasteiger partial charge in [-0.25, -0.2) is 4.79 Å². The molecule has 3 aliphatic heterocycles. The Kier molecular flexibility index (Phi) is 12.2. The average Bonchev–Trinajstić information content (AvgIpc) is 3.15. The summed E-state index contributed by atoms with van der Waals surface area (Å²) in [5.74, 6) is 0.243. The number of likely N-dealkylation sites (tertiary alicyclic amines) is 2. The van der Waals surface area contributed by atoms with Crippen molar-refractivity contribution in [3.63, 3.8) is 0 Å². The fourth-order valence-corrected chi connectivity index (χ4v) is 8.21. The maximum atomic E-state index is 13.8. The molecule has 4 amide bonds. The van der Waals surface area contributed by atoms with Crippen LogP contribution in [0.25, 0.3) is 0 Å². The molecule has 0 radical (unpaired) electrons. The molecule has 0 unspecified atom stereocenters. The zero-order chi connectivity index (χ0) is 36.7. The topological polar surface area (TPSA) is 97.5 Å². The number of rotatable bonds is 10. The van der Waals surface area contributed by atoms with Gasteiger partial charge in [0.1, 0.15) is 0 Å². The van der Waals surface area contributed by atoms with Crippen LogP contribution in [0.1, 0.15) is 75.0 Å². The third-order valence-corrected chi connectivity index (χ3v) is 11.3. The zero-order valence-electron chi connectivity index (χ0n) is 31.5. The first-order chi connectivity index (χ1) is 25.1. The van der Waals surface area contributed by atoms with E-state index < -0.39 is 0 Å². The lowest BCUT2D eigenvalue weighted by Gasteiger charge is -2.50. The molecule has 0 bridgehead atoms. The van der Waals surface area contributed by atoms with Crippen LogP contribution >= 0.6 is 0 Å². The van der Waals surface area contributed by atoms with E-state index in [-0.39, 0.29) is 26.2 Å². The Hall–Kier alpha value is -4.41. The van der Waals surface area contributed by atoms with Crippen LogP contribution in [0.3, 0.4) is 0 Å². The molecule has 0 atom stereocenters. The standard InChI is InChI=1S/C42H56N6O4.2H2/c1-5-43-41(51)44-35-27-31(2)39(32(3)28-35)40(50)46-21-17-42(4,18-22-46)47-19-15-37(16-20-47)48(30-34-9-7-6-8-10-34)36-13-11-33(12-14-36)29-38(49)45-23-25-52-26-24-45;;/h6-14,27-28,37H,5,15-26,29-30H2,1-4H3,(H2,43,44,51);2*1H. The number of nitrogens with one attached hydrogen (secondary N) is 2. The normalized spacial score (nSPS) is 18.2. The second-order valence-corrected chi connectivity index (χ2v) is 14.9. The Morgan fingerprint density at radius 2 is 1.48 bits per heavy atom. The fraction of sp³-hybridized carbons (Fsp3) is 0.500. The van der Waals surface area contributed by atoms with Gasteiger partial charge in [-0.05, 0) is 99.9 Å². The number of hydrogen-bond donors (Lipinski definition) is 2. The van der Waals surface area contributed by atoms with Crippen LogP contribution in [-0.4, -0.2) is 103 Å². The third-order valence-electron chi connectivity index (χ3n) is 11.3. The predicted molar refractivity (Wildman–Crippen MR) is 211 cm³/mol. The number of carbonyl (C=O) groups is 3. The molecule has 6 rings (SSSR count). The molecule has 0 aromatic heterocycles. The molecule has 3 aromatic carbocycles. The Balaban J connectivity index is 0.00000325. The van der Waals surface area contributed by atoms with Crippen molar-refractivity contribution in [1.29, 1.82) is 0 Å². The number of amides is 4. The van der Waals surface area contributed by atoms with Crippen molar-refractivity contribution in [2.24, 2.45) is 0 Å². The van der Waals surface area contributed by atoms with Gasteiger partial charge < -0.3 is 30.1 Å². The number of aryl methyl sites for hydroxylation is 2. The third kappa shape index (κ3) is 8.96. The van der Waals surface area contributed by atoms with Crippen LogP contribution in [0.15, 0.2) is 66.7 Å². The minimum absolute atomic E-state index is 0. The number of nitrogens with zero attached hydrogens (tertiary/aromatic N) is 4. The highest BCUT2D eigenvalue weighted by atomic mass is 16.5. The van der Waals surface area contributed by atoms with Crippen LogP contribution in [0.5, 0.6) is 0 Å². The highest BCUT2D eigenvalue weighted by molar-refractivity contribution is 5.98. The van der Waals surface area contributed by atoms with E-state index in [0.29, 0.717) is 51.0 Å². The second-order valence-electron chi connectivity index (χ2n) is 14.9.